The lowest BCUT2D eigenvalue weighted by Gasteiger charge is -2.24. The van der Waals surface area contributed by atoms with Gasteiger partial charge in [-0.05, 0) is 49.9 Å². The molecular weight excluding hydrogens is 282 g/mol. The van der Waals surface area contributed by atoms with Gasteiger partial charge >= 0.3 is 0 Å². The summed E-state index contributed by atoms with van der Waals surface area (Å²) in [7, 11) is -3.29. The van der Waals surface area contributed by atoms with Gasteiger partial charge in [-0.25, -0.2) is 8.42 Å². The highest BCUT2D eigenvalue weighted by atomic mass is 32.2. The highest BCUT2D eigenvalue weighted by molar-refractivity contribution is 7.92. The Balaban J connectivity index is 2.97. The molecule has 0 bridgehead atoms. The highest BCUT2D eigenvalue weighted by Gasteiger charge is 2.29. The number of rotatable bonds is 8. The molecule has 0 spiro atoms. The molecule has 0 saturated carbocycles. The Labute approximate surface area is 130 Å². The predicted octanol–water partition coefficient (Wildman–Crippen LogP) is 3.75. The summed E-state index contributed by atoms with van der Waals surface area (Å²) >= 11 is 0. The van der Waals surface area contributed by atoms with Crippen molar-refractivity contribution in [3.63, 3.8) is 0 Å². The summed E-state index contributed by atoms with van der Waals surface area (Å²) < 4.78 is 25.5. The van der Waals surface area contributed by atoms with Crippen LogP contribution in [0.15, 0.2) is 29.2 Å². The molecule has 0 aliphatic carbocycles. The first-order chi connectivity index (χ1) is 9.84. The average molecular weight is 311 g/mol. The van der Waals surface area contributed by atoms with Crippen LogP contribution in [0, 0.1) is 0 Å². The molecule has 0 amide bonds. The summed E-state index contributed by atoms with van der Waals surface area (Å²) in [5, 5.41) is 2.93. The monoisotopic (exact) mass is 311 g/mol. The lowest BCUT2D eigenvalue weighted by Crippen LogP contribution is -2.42. The molecule has 0 heterocycles. The van der Waals surface area contributed by atoms with Crippen LogP contribution in [0.1, 0.15) is 58.9 Å². The topological polar surface area (TPSA) is 46.2 Å². The van der Waals surface area contributed by atoms with Gasteiger partial charge in [0.2, 0.25) is 0 Å². The molecular formula is C17H29NO2S. The van der Waals surface area contributed by atoms with E-state index in [1.165, 1.54) is 0 Å². The van der Waals surface area contributed by atoms with E-state index in [0.717, 1.165) is 24.9 Å². The molecule has 1 aromatic carbocycles. The van der Waals surface area contributed by atoms with Gasteiger partial charge in [0.1, 0.15) is 0 Å². The summed E-state index contributed by atoms with van der Waals surface area (Å²) in [6, 6.07) is 7.33. The Bertz CT molecular complexity index is 520. The minimum absolute atomic E-state index is 0.000254. The minimum Gasteiger partial charge on any atom is -0.313 e. The van der Waals surface area contributed by atoms with E-state index >= 15 is 0 Å². The third kappa shape index (κ3) is 4.55. The van der Waals surface area contributed by atoms with Gasteiger partial charge in [-0.2, -0.15) is 0 Å². The van der Waals surface area contributed by atoms with Crippen molar-refractivity contribution in [3.05, 3.63) is 29.8 Å². The van der Waals surface area contributed by atoms with Crippen molar-refractivity contribution in [3.8, 4) is 0 Å². The molecule has 4 heteroatoms. The zero-order chi connectivity index (χ0) is 16.0. The normalized spacial score (nSPS) is 15.1. The van der Waals surface area contributed by atoms with E-state index < -0.39 is 15.1 Å². The number of nitrogens with one attached hydrogen (secondary N) is 1. The van der Waals surface area contributed by atoms with Crippen LogP contribution in [-0.4, -0.2) is 26.3 Å². The first-order valence-electron chi connectivity index (χ1n) is 7.91. The van der Waals surface area contributed by atoms with Crippen molar-refractivity contribution in [2.24, 2.45) is 0 Å². The van der Waals surface area contributed by atoms with Crippen LogP contribution in [0.4, 0.5) is 0 Å². The van der Waals surface area contributed by atoms with Crippen molar-refractivity contribution >= 4 is 9.84 Å². The average Bonchev–Trinajstić information content (AvgIpc) is 2.47. The van der Waals surface area contributed by atoms with Gasteiger partial charge < -0.3 is 5.32 Å². The van der Waals surface area contributed by atoms with Crippen LogP contribution >= 0.6 is 0 Å². The van der Waals surface area contributed by atoms with E-state index in [-0.39, 0.29) is 6.04 Å². The third-order valence-corrected chi connectivity index (χ3v) is 6.26. The summed E-state index contributed by atoms with van der Waals surface area (Å²) in [6.45, 7) is 11.0. The Morgan fingerprint density at radius 2 is 1.62 bits per heavy atom. The molecule has 0 aromatic heterocycles. The van der Waals surface area contributed by atoms with Gasteiger partial charge in [0.15, 0.2) is 9.84 Å². The van der Waals surface area contributed by atoms with Crippen LogP contribution in [0.25, 0.3) is 0 Å². The van der Waals surface area contributed by atoms with Crippen molar-refractivity contribution in [1.82, 2.24) is 5.32 Å². The molecule has 1 rings (SSSR count). The van der Waals surface area contributed by atoms with Crippen molar-refractivity contribution in [1.29, 1.82) is 0 Å². The standard InChI is InChI=1S/C17H29NO2S/c1-6-12-18-17(7-2)14(5)21(19,20)16-10-8-15(9-11-16)13(3)4/h8-11,13-14,17-18H,6-7,12H2,1-5H3. The Morgan fingerprint density at radius 3 is 2.05 bits per heavy atom. The lowest BCUT2D eigenvalue weighted by atomic mass is 10.0. The number of hydrogen-bond donors (Lipinski definition) is 1. The number of sulfone groups is 1. The van der Waals surface area contributed by atoms with E-state index in [2.05, 4.69) is 26.1 Å². The third-order valence-electron chi connectivity index (χ3n) is 4.03. The van der Waals surface area contributed by atoms with Crippen LogP contribution in [0.5, 0.6) is 0 Å². The van der Waals surface area contributed by atoms with Crippen molar-refractivity contribution in [2.45, 2.75) is 69.6 Å². The quantitative estimate of drug-likeness (QED) is 0.795. The van der Waals surface area contributed by atoms with E-state index in [0.29, 0.717) is 10.8 Å². The second-order valence-electron chi connectivity index (χ2n) is 5.94. The van der Waals surface area contributed by atoms with E-state index in [1.54, 1.807) is 12.1 Å². The molecule has 0 fully saturated rings. The van der Waals surface area contributed by atoms with Gasteiger partial charge in [0, 0.05) is 6.04 Å². The molecule has 2 atom stereocenters. The highest BCUT2D eigenvalue weighted by Crippen LogP contribution is 2.22. The van der Waals surface area contributed by atoms with Crippen molar-refractivity contribution in [2.75, 3.05) is 6.54 Å². The SMILES string of the molecule is CCCNC(CC)C(C)S(=O)(=O)c1ccc(C(C)C)cc1. The van der Waals surface area contributed by atoms with Gasteiger partial charge in [-0.3, -0.25) is 0 Å². The van der Waals surface area contributed by atoms with E-state index in [4.69, 9.17) is 0 Å². The maximum atomic E-state index is 12.7. The maximum Gasteiger partial charge on any atom is 0.182 e. The fraction of sp³-hybridized carbons (Fsp3) is 0.647. The minimum atomic E-state index is -3.29. The summed E-state index contributed by atoms with van der Waals surface area (Å²) in [6.07, 6.45) is 1.82. The Morgan fingerprint density at radius 1 is 1.05 bits per heavy atom. The second-order valence-corrected chi connectivity index (χ2v) is 8.25. The number of benzene rings is 1. The molecule has 0 radical (unpaired) electrons. The zero-order valence-electron chi connectivity index (χ0n) is 13.9. The van der Waals surface area contributed by atoms with Gasteiger partial charge in [0.05, 0.1) is 10.1 Å². The van der Waals surface area contributed by atoms with Crippen LogP contribution in [-0.2, 0) is 9.84 Å². The molecule has 0 aliphatic heterocycles. The molecule has 1 aromatic rings. The van der Waals surface area contributed by atoms with Crippen molar-refractivity contribution < 1.29 is 8.42 Å². The fourth-order valence-electron chi connectivity index (χ4n) is 2.45. The predicted molar refractivity (Wildman–Crippen MR) is 89.6 cm³/mol. The molecule has 21 heavy (non-hydrogen) atoms. The molecule has 0 aliphatic rings. The van der Waals surface area contributed by atoms with Gasteiger partial charge in [0.25, 0.3) is 0 Å². The Kier molecular flexibility index (Phi) is 6.88. The molecule has 0 saturated heterocycles. The van der Waals surface area contributed by atoms with Crippen LogP contribution < -0.4 is 5.32 Å². The second kappa shape index (κ2) is 7.95. The zero-order valence-corrected chi connectivity index (χ0v) is 14.7. The fourth-order valence-corrected chi connectivity index (χ4v) is 4.11. The smallest absolute Gasteiger partial charge is 0.182 e. The van der Waals surface area contributed by atoms with E-state index in [9.17, 15) is 8.42 Å². The van der Waals surface area contributed by atoms with E-state index in [1.807, 2.05) is 26.0 Å². The molecule has 1 N–H and O–H groups in total. The first kappa shape index (κ1) is 18.2. The molecule has 3 nitrogen and oxygen atoms in total. The largest absolute Gasteiger partial charge is 0.313 e. The van der Waals surface area contributed by atoms with Gasteiger partial charge in [-0.1, -0.05) is 39.8 Å². The summed E-state index contributed by atoms with van der Waals surface area (Å²) in [5.74, 6) is 0.411. The number of hydrogen-bond acceptors (Lipinski definition) is 3. The maximum absolute atomic E-state index is 12.7. The first-order valence-corrected chi connectivity index (χ1v) is 9.46. The van der Waals surface area contributed by atoms with Crippen LogP contribution in [0.2, 0.25) is 0 Å². The molecule has 120 valence electrons. The van der Waals surface area contributed by atoms with Crippen LogP contribution in [0.3, 0.4) is 0 Å². The molecule has 2 unspecified atom stereocenters. The summed E-state index contributed by atoms with van der Waals surface area (Å²) in [5.41, 5.74) is 1.16. The van der Waals surface area contributed by atoms with Gasteiger partial charge in [-0.15, -0.1) is 0 Å². The lowest BCUT2D eigenvalue weighted by molar-refractivity contribution is 0.472. The Hall–Kier alpha value is -0.870. The summed E-state index contributed by atoms with van der Waals surface area (Å²) in [4.78, 5) is 0.427.